The van der Waals surface area contributed by atoms with E-state index in [4.69, 9.17) is 0 Å². The van der Waals surface area contributed by atoms with Gasteiger partial charge in [-0.1, -0.05) is 38.3 Å². The summed E-state index contributed by atoms with van der Waals surface area (Å²) in [6.45, 7) is 6.21. The molecule has 2 rings (SSSR count). The molecule has 3 nitrogen and oxygen atoms in total. The van der Waals surface area contributed by atoms with Gasteiger partial charge in [-0.25, -0.2) is 0 Å². The Hall–Kier alpha value is -1.64. The number of hydrogen-bond acceptors (Lipinski definition) is 3. The lowest BCUT2D eigenvalue weighted by Crippen LogP contribution is -2.28. The number of carbonyl (C=O) groups excluding carboxylic acids is 2. The van der Waals surface area contributed by atoms with Gasteiger partial charge in [0.2, 0.25) is 5.78 Å². The lowest BCUT2D eigenvalue weighted by molar-refractivity contribution is -0.118. The molecule has 0 saturated heterocycles. The van der Waals surface area contributed by atoms with Crippen LogP contribution in [0, 0.1) is 11.8 Å². The van der Waals surface area contributed by atoms with E-state index in [9.17, 15) is 14.7 Å². The van der Waals surface area contributed by atoms with E-state index in [-0.39, 0.29) is 29.2 Å². The van der Waals surface area contributed by atoms with Gasteiger partial charge in [0.05, 0.1) is 5.57 Å². The first kappa shape index (κ1) is 16.7. The average Bonchev–Trinajstić information content (AvgIpc) is 2.48. The third kappa shape index (κ3) is 3.40. The van der Waals surface area contributed by atoms with E-state index in [0.717, 1.165) is 32.1 Å². The van der Waals surface area contributed by atoms with Crippen molar-refractivity contribution in [3.8, 4) is 0 Å². The van der Waals surface area contributed by atoms with Gasteiger partial charge in [0.1, 0.15) is 0 Å². The zero-order valence-corrected chi connectivity index (χ0v) is 13.8. The molecule has 0 saturated carbocycles. The van der Waals surface area contributed by atoms with Crippen LogP contribution in [0.3, 0.4) is 0 Å². The molecule has 0 radical (unpaired) electrons. The molecule has 120 valence electrons. The molecule has 2 atom stereocenters. The third-order valence-corrected chi connectivity index (χ3v) is 4.79. The Morgan fingerprint density at radius 2 is 2.00 bits per heavy atom. The molecule has 0 spiro atoms. The van der Waals surface area contributed by atoms with Crippen LogP contribution in [0.25, 0.3) is 0 Å². The minimum absolute atomic E-state index is 0.140. The smallest absolute Gasteiger partial charge is 0.223 e. The van der Waals surface area contributed by atoms with E-state index in [1.165, 1.54) is 11.6 Å². The van der Waals surface area contributed by atoms with Crippen LogP contribution in [-0.2, 0) is 9.59 Å². The molecule has 0 aromatic heterocycles. The Balaban J connectivity index is 2.25. The molecular weight excluding hydrogens is 276 g/mol. The predicted octanol–water partition coefficient (Wildman–Crippen LogP) is 4.45. The van der Waals surface area contributed by atoms with Crippen molar-refractivity contribution in [3.63, 3.8) is 0 Å². The summed E-state index contributed by atoms with van der Waals surface area (Å²) in [5.74, 6) is -0.728. The molecule has 0 aromatic carbocycles. The highest BCUT2D eigenvalue weighted by Gasteiger charge is 2.35. The molecule has 0 aliphatic heterocycles. The van der Waals surface area contributed by atoms with Crippen molar-refractivity contribution in [1.82, 2.24) is 0 Å². The van der Waals surface area contributed by atoms with Crippen LogP contribution in [0.2, 0.25) is 0 Å². The second kappa shape index (κ2) is 7.08. The maximum Gasteiger partial charge on any atom is 0.223 e. The highest BCUT2D eigenvalue weighted by atomic mass is 16.3. The summed E-state index contributed by atoms with van der Waals surface area (Å²) in [5.41, 5.74) is 1.99. The Labute approximate surface area is 132 Å². The van der Waals surface area contributed by atoms with Crippen LogP contribution in [0.15, 0.2) is 34.6 Å². The van der Waals surface area contributed by atoms with Crippen LogP contribution in [-0.4, -0.2) is 16.7 Å². The van der Waals surface area contributed by atoms with Gasteiger partial charge in [-0.2, -0.15) is 0 Å². The van der Waals surface area contributed by atoms with Crippen molar-refractivity contribution in [2.75, 3.05) is 0 Å². The minimum Gasteiger partial charge on any atom is -0.504 e. The van der Waals surface area contributed by atoms with Gasteiger partial charge in [-0.15, -0.1) is 0 Å². The summed E-state index contributed by atoms with van der Waals surface area (Å²) >= 11 is 0. The number of allylic oxidation sites excluding steroid dienone is 5. The summed E-state index contributed by atoms with van der Waals surface area (Å²) in [4.78, 5) is 24.8. The van der Waals surface area contributed by atoms with Gasteiger partial charge in [-0.3, -0.25) is 9.59 Å². The fraction of sp³-hybridized carbons (Fsp3) is 0.579. The number of aliphatic hydroxyl groups excluding tert-OH is 1. The summed E-state index contributed by atoms with van der Waals surface area (Å²) in [6, 6.07) is 0. The number of aliphatic hydroxyl groups is 1. The fourth-order valence-corrected chi connectivity index (χ4v) is 3.32. The van der Waals surface area contributed by atoms with Gasteiger partial charge in [0.25, 0.3) is 0 Å². The molecule has 0 aromatic rings. The van der Waals surface area contributed by atoms with Crippen LogP contribution in [0.1, 0.15) is 59.3 Å². The van der Waals surface area contributed by atoms with E-state index in [2.05, 4.69) is 13.8 Å². The van der Waals surface area contributed by atoms with Crippen molar-refractivity contribution < 1.29 is 14.7 Å². The number of carbonyl (C=O) groups is 2. The van der Waals surface area contributed by atoms with E-state index in [1.54, 1.807) is 0 Å². The van der Waals surface area contributed by atoms with Crippen LogP contribution in [0.4, 0.5) is 0 Å². The summed E-state index contributed by atoms with van der Waals surface area (Å²) in [7, 11) is 0. The highest BCUT2D eigenvalue weighted by molar-refractivity contribution is 6.21. The second-order valence-electron chi connectivity index (χ2n) is 6.64. The molecular formula is C19H26O3. The molecule has 2 aliphatic carbocycles. The van der Waals surface area contributed by atoms with E-state index in [0.29, 0.717) is 17.6 Å². The number of Topliss-reactive ketones (excluding diaryl/α,β-unsaturated/α-hetero) is 1. The summed E-state index contributed by atoms with van der Waals surface area (Å²) in [5, 5.41) is 10.3. The van der Waals surface area contributed by atoms with Crippen LogP contribution >= 0.6 is 0 Å². The third-order valence-electron chi connectivity index (χ3n) is 4.79. The first-order chi connectivity index (χ1) is 10.5. The highest BCUT2D eigenvalue weighted by Crippen LogP contribution is 2.37. The maximum absolute atomic E-state index is 12.5. The van der Waals surface area contributed by atoms with E-state index >= 15 is 0 Å². The van der Waals surface area contributed by atoms with Crippen molar-refractivity contribution in [2.45, 2.75) is 59.3 Å². The number of hydrogen-bond donors (Lipinski definition) is 1. The van der Waals surface area contributed by atoms with Crippen molar-refractivity contribution in [2.24, 2.45) is 11.8 Å². The van der Waals surface area contributed by atoms with Crippen LogP contribution in [0.5, 0.6) is 0 Å². The maximum atomic E-state index is 12.5. The monoisotopic (exact) mass is 302 g/mol. The number of unbranched alkanes of at least 4 members (excludes halogenated alkanes) is 2. The molecule has 0 bridgehead atoms. The zero-order chi connectivity index (χ0) is 16.3. The lowest BCUT2D eigenvalue weighted by atomic mass is 9.74. The Morgan fingerprint density at radius 3 is 2.68 bits per heavy atom. The molecule has 1 N–H and O–H groups in total. The van der Waals surface area contributed by atoms with Crippen LogP contribution < -0.4 is 0 Å². The van der Waals surface area contributed by atoms with Gasteiger partial charge in [0.15, 0.2) is 11.5 Å². The predicted molar refractivity (Wildman–Crippen MR) is 87.5 cm³/mol. The number of rotatable bonds is 5. The van der Waals surface area contributed by atoms with Gasteiger partial charge in [-0.05, 0) is 44.6 Å². The molecule has 0 amide bonds. The normalized spacial score (nSPS) is 26.1. The van der Waals surface area contributed by atoms with Gasteiger partial charge < -0.3 is 5.11 Å². The van der Waals surface area contributed by atoms with Crippen molar-refractivity contribution in [1.29, 1.82) is 0 Å². The van der Waals surface area contributed by atoms with Crippen molar-refractivity contribution >= 4 is 11.6 Å². The minimum atomic E-state index is -0.352. The summed E-state index contributed by atoms with van der Waals surface area (Å²) in [6.07, 6.45) is 9.04. The first-order valence-electron chi connectivity index (χ1n) is 8.35. The molecule has 1 unspecified atom stereocenters. The molecule has 3 heteroatoms. The standard InChI is InChI=1S/C19H26O3/c1-4-5-6-7-14-11-16(20)17(19(22)18(14)21)15-10-12(2)8-9-13(15)3/h10-11,13,15,22H,4-9H2,1-3H3/t13-,15?/m1/s1. The van der Waals surface area contributed by atoms with Crippen molar-refractivity contribution in [3.05, 3.63) is 34.6 Å². The second-order valence-corrected chi connectivity index (χ2v) is 6.64. The lowest BCUT2D eigenvalue weighted by Gasteiger charge is -2.29. The average molecular weight is 302 g/mol. The zero-order valence-electron chi connectivity index (χ0n) is 13.8. The topological polar surface area (TPSA) is 54.4 Å². The molecule has 22 heavy (non-hydrogen) atoms. The van der Waals surface area contributed by atoms with E-state index < -0.39 is 0 Å². The van der Waals surface area contributed by atoms with E-state index in [1.807, 2.05) is 13.0 Å². The molecule has 0 heterocycles. The fourth-order valence-electron chi connectivity index (χ4n) is 3.32. The van der Waals surface area contributed by atoms with Gasteiger partial charge >= 0.3 is 0 Å². The van der Waals surface area contributed by atoms with Gasteiger partial charge in [0, 0.05) is 11.5 Å². The largest absolute Gasteiger partial charge is 0.504 e. The summed E-state index contributed by atoms with van der Waals surface area (Å²) < 4.78 is 0. The Bertz CT molecular complexity index is 563. The SMILES string of the molecule is CCCCCC1=CC(=O)C(C2C=C(C)CC[C@H]2C)=C(O)C1=O. The Kier molecular flexibility index (Phi) is 5.38. The Morgan fingerprint density at radius 1 is 1.27 bits per heavy atom. The molecule has 0 fully saturated rings. The molecule has 2 aliphatic rings. The first-order valence-corrected chi connectivity index (χ1v) is 8.35. The number of ketones is 2. The quantitative estimate of drug-likeness (QED) is 0.464.